The van der Waals surface area contributed by atoms with Crippen LogP contribution in [0.4, 0.5) is 0 Å². The van der Waals surface area contributed by atoms with E-state index in [0.29, 0.717) is 13.2 Å². The molecule has 1 aliphatic heterocycles. The Labute approximate surface area is 124 Å². The molecule has 3 rings (SSSR count). The Balaban J connectivity index is 1.56. The summed E-state index contributed by atoms with van der Waals surface area (Å²) in [7, 11) is 0. The molecule has 3 heteroatoms. The molecule has 0 aromatic heterocycles. The molecule has 1 N–H and O–H groups in total. The minimum atomic E-state index is -0.182. The van der Waals surface area contributed by atoms with Crippen LogP contribution in [-0.2, 0) is 11.2 Å². The molecule has 3 nitrogen and oxygen atoms in total. The Morgan fingerprint density at radius 2 is 2.10 bits per heavy atom. The topological polar surface area (TPSA) is 38.3 Å². The molecule has 1 unspecified atom stereocenters. The maximum absolute atomic E-state index is 12.3. The van der Waals surface area contributed by atoms with E-state index in [1.165, 1.54) is 11.1 Å². The summed E-state index contributed by atoms with van der Waals surface area (Å²) in [6.07, 6.45) is 0.850. The van der Waals surface area contributed by atoms with E-state index < -0.39 is 0 Å². The number of carbonyl (C=O) groups is 1. The van der Waals surface area contributed by atoms with Crippen molar-refractivity contribution in [2.75, 3.05) is 13.2 Å². The lowest BCUT2D eigenvalue weighted by Crippen LogP contribution is -2.31. The van der Waals surface area contributed by atoms with Crippen molar-refractivity contribution < 1.29 is 9.53 Å². The first-order chi connectivity index (χ1) is 10.2. The number of hydrogen-bond acceptors (Lipinski definition) is 2. The second-order valence-electron chi connectivity index (χ2n) is 5.43. The summed E-state index contributed by atoms with van der Waals surface area (Å²) in [6.45, 7) is 3.17. The van der Waals surface area contributed by atoms with Crippen LogP contribution in [0.2, 0.25) is 0 Å². The van der Waals surface area contributed by atoms with Gasteiger partial charge in [-0.3, -0.25) is 4.79 Å². The highest BCUT2D eigenvalue weighted by molar-refractivity contribution is 5.85. The van der Waals surface area contributed by atoms with Crippen molar-refractivity contribution >= 4 is 5.91 Å². The molecule has 2 aromatic carbocycles. The van der Waals surface area contributed by atoms with Crippen molar-refractivity contribution in [2.45, 2.75) is 19.3 Å². The molecule has 0 aliphatic carbocycles. The fourth-order valence-electron chi connectivity index (χ4n) is 2.70. The van der Waals surface area contributed by atoms with E-state index in [0.717, 1.165) is 17.7 Å². The number of nitrogens with one attached hydrogen (secondary N) is 1. The number of ether oxygens (including phenoxy) is 1. The van der Waals surface area contributed by atoms with Gasteiger partial charge in [0, 0.05) is 12.1 Å². The summed E-state index contributed by atoms with van der Waals surface area (Å²) < 4.78 is 5.55. The van der Waals surface area contributed by atoms with Crippen molar-refractivity contribution in [3.8, 4) is 5.75 Å². The second kappa shape index (κ2) is 6.00. The van der Waals surface area contributed by atoms with Crippen LogP contribution in [0.3, 0.4) is 0 Å². The van der Waals surface area contributed by atoms with Crippen LogP contribution in [0.15, 0.2) is 48.5 Å². The van der Waals surface area contributed by atoms with Crippen LogP contribution < -0.4 is 10.1 Å². The number of carbonyl (C=O) groups excluding carboxylic acids is 1. The van der Waals surface area contributed by atoms with Crippen LogP contribution in [-0.4, -0.2) is 19.1 Å². The van der Waals surface area contributed by atoms with E-state index in [4.69, 9.17) is 4.74 Å². The van der Waals surface area contributed by atoms with Gasteiger partial charge in [-0.1, -0.05) is 48.0 Å². The molecule has 1 atom stereocenters. The van der Waals surface area contributed by atoms with Crippen LogP contribution in [0.5, 0.6) is 5.75 Å². The molecule has 0 saturated heterocycles. The van der Waals surface area contributed by atoms with E-state index in [1.807, 2.05) is 30.3 Å². The van der Waals surface area contributed by atoms with Gasteiger partial charge >= 0.3 is 0 Å². The number of fused-ring (bicyclic) bond motifs is 1. The first-order valence-electron chi connectivity index (χ1n) is 7.29. The van der Waals surface area contributed by atoms with Gasteiger partial charge in [0.1, 0.15) is 18.3 Å². The Morgan fingerprint density at radius 1 is 1.24 bits per heavy atom. The molecule has 0 saturated carbocycles. The van der Waals surface area contributed by atoms with Gasteiger partial charge in [-0.25, -0.2) is 0 Å². The maximum atomic E-state index is 12.3. The highest BCUT2D eigenvalue weighted by Crippen LogP contribution is 2.33. The zero-order chi connectivity index (χ0) is 14.7. The summed E-state index contributed by atoms with van der Waals surface area (Å²) in [5.41, 5.74) is 3.49. The summed E-state index contributed by atoms with van der Waals surface area (Å²) in [5, 5.41) is 3.01. The SMILES string of the molecule is Cc1cccc(CCNC(=O)C2COc3ccccc32)c1. The van der Waals surface area contributed by atoms with E-state index in [1.54, 1.807) is 0 Å². The second-order valence-corrected chi connectivity index (χ2v) is 5.43. The number of aryl methyl sites for hydroxylation is 1. The zero-order valence-electron chi connectivity index (χ0n) is 12.1. The van der Waals surface area contributed by atoms with Gasteiger partial charge in [0.2, 0.25) is 5.91 Å². The van der Waals surface area contributed by atoms with Gasteiger partial charge in [0.15, 0.2) is 0 Å². The van der Waals surface area contributed by atoms with Crippen LogP contribution in [0.25, 0.3) is 0 Å². The van der Waals surface area contributed by atoms with Crippen molar-refractivity contribution in [1.29, 1.82) is 0 Å². The van der Waals surface area contributed by atoms with Crippen molar-refractivity contribution in [3.63, 3.8) is 0 Å². The minimum absolute atomic E-state index is 0.0487. The van der Waals surface area contributed by atoms with Gasteiger partial charge in [-0.2, -0.15) is 0 Å². The fourth-order valence-corrected chi connectivity index (χ4v) is 2.70. The monoisotopic (exact) mass is 281 g/mol. The summed E-state index contributed by atoms with van der Waals surface area (Å²) >= 11 is 0. The van der Waals surface area contributed by atoms with Gasteiger partial charge < -0.3 is 10.1 Å². The van der Waals surface area contributed by atoms with Gasteiger partial charge in [-0.05, 0) is 25.0 Å². The van der Waals surface area contributed by atoms with Crippen LogP contribution >= 0.6 is 0 Å². The molecule has 0 radical (unpaired) electrons. The predicted molar refractivity (Wildman–Crippen MR) is 82.6 cm³/mol. The number of amides is 1. The number of para-hydroxylation sites is 1. The summed E-state index contributed by atoms with van der Waals surface area (Å²) in [5.74, 6) is 0.697. The first-order valence-corrected chi connectivity index (χ1v) is 7.29. The molecule has 0 fully saturated rings. The molecule has 108 valence electrons. The fraction of sp³-hybridized carbons (Fsp3) is 0.278. The Kier molecular flexibility index (Phi) is 3.91. The highest BCUT2D eigenvalue weighted by atomic mass is 16.5. The summed E-state index contributed by atoms with van der Waals surface area (Å²) in [6, 6.07) is 16.1. The lowest BCUT2D eigenvalue weighted by Gasteiger charge is -2.10. The smallest absolute Gasteiger partial charge is 0.231 e. The average Bonchev–Trinajstić information content (AvgIpc) is 2.91. The van der Waals surface area contributed by atoms with Gasteiger partial charge in [-0.15, -0.1) is 0 Å². The average molecular weight is 281 g/mol. The normalized spacial score (nSPS) is 16.1. The number of hydrogen-bond donors (Lipinski definition) is 1. The molecule has 1 amide bonds. The van der Waals surface area contributed by atoms with Crippen LogP contribution in [0.1, 0.15) is 22.6 Å². The Morgan fingerprint density at radius 3 is 2.95 bits per heavy atom. The molecule has 0 bridgehead atoms. The number of benzene rings is 2. The molecule has 2 aromatic rings. The molecule has 0 spiro atoms. The lowest BCUT2D eigenvalue weighted by molar-refractivity contribution is -0.122. The zero-order valence-corrected chi connectivity index (χ0v) is 12.1. The largest absolute Gasteiger partial charge is 0.492 e. The van der Waals surface area contributed by atoms with Crippen molar-refractivity contribution in [3.05, 3.63) is 65.2 Å². The third kappa shape index (κ3) is 3.07. The number of rotatable bonds is 4. The minimum Gasteiger partial charge on any atom is -0.492 e. The Bertz CT molecular complexity index is 651. The molecule has 21 heavy (non-hydrogen) atoms. The molecule has 1 aliphatic rings. The quantitative estimate of drug-likeness (QED) is 0.936. The van der Waals surface area contributed by atoms with Crippen molar-refractivity contribution in [2.24, 2.45) is 0 Å². The lowest BCUT2D eigenvalue weighted by atomic mass is 10.0. The first kappa shape index (κ1) is 13.7. The Hall–Kier alpha value is -2.29. The van der Waals surface area contributed by atoms with E-state index in [9.17, 15) is 4.79 Å². The highest BCUT2D eigenvalue weighted by Gasteiger charge is 2.29. The van der Waals surface area contributed by atoms with Gasteiger partial charge in [0.25, 0.3) is 0 Å². The van der Waals surface area contributed by atoms with E-state index in [-0.39, 0.29) is 11.8 Å². The maximum Gasteiger partial charge on any atom is 0.231 e. The van der Waals surface area contributed by atoms with E-state index in [2.05, 4.69) is 30.4 Å². The standard InChI is InChI=1S/C18H19NO2/c1-13-5-4-6-14(11-13)9-10-19-18(20)16-12-21-17-8-3-2-7-15(16)17/h2-8,11,16H,9-10,12H2,1H3,(H,19,20). The molecule has 1 heterocycles. The van der Waals surface area contributed by atoms with Crippen molar-refractivity contribution in [1.82, 2.24) is 5.32 Å². The third-order valence-electron chi connectivity index (χ3n) is 3.81. The third-order valence-corrected chi connectivity index (χ3v) is 3.81. The van der Waals surface area contributed by atoms with Crippen LogP contribution in [0, 0.1) is 6.92 Å². The van der Waals surface area contributed by atoms with Gasteiger partial charge in [0.05, 0.1) is 0 Å². The molecular weight excluding hydrogens is 262 g/mol. The van der Waals surface area contributed by atoms with E-state index >= 15 is 0 Å². The summed E-state index contributed by atoms with van der Waals surface area (Å²) in [4.78, 5) is 12.3. The molecular formula is C18H19NO2. The predicted octanol–water partition coefficient (Wildman–Crippen LogP) is 2.83.